The summed E-state index contributed by atoms with van der Waals surface area (Å²) < 4.78 is 0. The molecule has 5 amide bonds. The van der Waals surface area contributed by atoms with Gasteiger partial charge in [-0.3, -0.25) is 28.9 Å². The van der Waals surface area contributed by atoms with Crippen LogP contribution in [0.15, 0.2) is 12.2 Å². The molecule has 0 bridgehead atoms. The second kappa shape index (κ2) is 11.4. The summed E-state index contributed by atoms with van der Waals surface area (Å²) in [5.74, 6) is -1.63. The van der Waals surface area contributed by atoms with Gasteiger partial charge in [-0.05, 0) is 46.0 Å². The van der Waals surface area contributed by atoms with E-state index in [0.29, 0.717) is 0 Å². The molecule has 0 saturated heterocycles. The van der Waals surface area contributed by atoms with Crippen molar-refractivity contribution in [3.63, 3.8) is 0 Å². The predicted molar refractivity (Wildman–Crippen MR) is 126 cm³/mol. The minimum Gasteiger partial charge on any atom is -0.351 e. The number of amides is 5. The molecule has 9 heteroatoms. The fourth-order valence-corrected chi connectivity index (χ4v) is 2.79. The Labute approximate surface area is 197 Å². The summed E-state index contributed by atoms with van der Waals surface area (Å²) in [4.78, 5) is 62.3. The van der Waals surface area contributed by atoms with Crippen molar-refractivity contribution in [2.45, 2.75) is 91.8 Å². The van der Waals surface area contributed by atoms with E-state index in [0.717, 1.165) is 17.1 Å². The fourth-order valence-electron chi connectivity index (χ4n) is 2.79. The first-order valence-electron chi connectivity index (χ1n) is 11.5. The van der Waals surface area contributed by atoms with Crippen molar-refractivity contribution in [2.24, 2.45) is 11.8 Å². The molecule has 1 unspecified atom stereocenters. The van der Waals surface area contributed by atoms with Crippen LogP contribution in [0.2, 0.25) is 0 Å². The number of hydrogen-bond acceptors (Lipinski definition) is 5. The van der Waals surface area contributed by atoms with Gasteiger partial charge < -0.3 is 16.0 Å². The smallest absolute Gasteiger partial charge is 0.253 e. The third kappa shape index (κ3) is 8.63. The van der Waals surface area contributed by atoms with E-state index in [2.05, 4.69) is 16.0 Å². The third-order valence-corrected chi connectivity index (χ3v) is 6.57. The lowest BCUT2D eigenvalue weighted by Gasteiger charge is -2.33. The molecule has 3 N–H and O–H groups in total. The highest BCUT2D eigenvalue weighted by atomic mass is 16.2. The number of hydrogen-bond donors (Lipinski definition) is 3. The lowest BCUT2D eigenvalue weighted by Crippen LogP contribution is -2.55. The predicted octanol–water partition coefficient (Wildman–Crippen LogP) is 1.67. The van der Waals surface area contributed by atoms with Gasteiger partial charge in [-0.15, -0.1) is 0 Å². The van der Waals surface area contributed by atoms with Gasteiger partial charge >= 0.3 is 0 Å². The van der Waals surface area contributed by atoms with E-state index in [9.17, 15) is 24.0 Å². The van der Waals surface area contributed by atoms with E-state index in [1.807, 2.05) is 55.4 Å². The van der Waals surface area contributed by atoms with Gasteiger partial charge in [-0.1, -0.05) is 27.7 Å². The molecule has 186 valence electrons. The molecule has 0 spiro atoms. The number of nitrogens with one attached hydrogen (secondary N) is 3. The maximum absolute atomic E-state index is 13.0. The van der Waals surface area contributed by atoms with Crippen molar-refractivity contribution in [3.05, 3.63) is 12.2 Å². The molecule has 1 aliphatic rings. The quantitative estimate of drug-likeness (QED) is 0.379. The Balaban J connectivity index is 2.81. The topological polar surface area (TPSA) is 125 Å². The van der Waals surface area contributed by atoms with E-state index >= 15 is 0 Å². The SMILES string of the molecule is CC(C)C(C)(C)NC(=O)CCC(NC(=O)CCN1C(=O)C=CC1=O)C(=O)NC(C)(C)C(C)C. The first-order chi connectivity index (χ1) is 15.1. The highest BCUT2D eigenvalue weighted by Gasteiger charge is 2.31. The minimum atomic E-state index is -0.924. The molecule has 33 heavy (non-hydrogen) atoms. The van der Waals surface area contributed by atoms with Gasteiger partial charge in [0.2, 0.25) is 17.7 Å². The van der Waals surface area contributed by atoms with E-state index in [1.165, 1.54) is 0 Å². The molecule has 0 aliphatic carbocycles. The summed E-state index contributed by atoms with van der Waals surface area (Å²) >= 11 is 0. The lowest BCUT2D eigenvalue weighted by molar-refractivity contribution is -0.138. The Kier molecular flexibility index (Phi) is 9.81. The Morgan fingerprint density at radius 3 is 1.79 bits per heavy atom. The second-order valence-electron chi connectivity index (χ2n) is 10.4. The van der Waals surface area contributed by atoms with Crippen molar-refractivity contribution >= 4 is 29.5 Å². The highest BCUT2D eigenvalue weighted by Crippen LogP contribution is 2.17. The molecular formula is C24H40N4O5. The molecule has 0 aromatic carbocycles. The van der Waals surface area contributed by atoms with Crippen LogP contribution in [0, 0.1) is 11.8 Å². The van der Waals surface area contributed by atoms with Crippen molar-refractivity contribution in [2.75, 3.05) is 6.54 Å². The molecule has 0 fully saturated rings. The van der Waals surface area contributed by atoms with Gasteiger partial charge in [-0.2, -0.15) is 0 Å². The van der Waals surface area contributed by atoms with Gasteiger partial charge in [0.15, 0.2) is 0 Å². The summed E-state index contributed by atoms with van der Waals surface area (Å²) in [6.45, 7) is 15.6. The molecule has 0 aromatic rings. The first-order valence-corrected chi connectivity index (χ1v) is 11.5. The highest BCUT2D eigenvalue weighted by molar-refractivity contribution is 6.13. The molecule has 0 radical (unpaired) electrons. The zero-order valence-corrected chi connectivity index (χ0v) is 21.2. The van der Waals surface area contributed by atoms with Crippen LogP contribution < -0.4 is 16.0 Å². The van der Waals surface area contributed by atoms with Crippen LogP contribution in [-0.4, -0.2) is 58.1 Å². The molecule has 1 heterocycles. The normalized spacial score (nSPS) is 15.3. The Bertz CT molecular complexity index is 781. The van der Waals surface area contributed by atoms with Crippen LogP contribution >= 0.6 is 0 Å². The maximum atomic E-state index is 13.0. The number of carbonyl (C=O) groups is 5. The molecular weight excluding hydrogens is 424 g/mol. The lowest BCUT2D eigenvalue weighted by atomic mass is 9.90. The van der Waals surface area contributed by atoms with Gasteiger partial charge in [0.05, 0.1) is 0 Å². The zero-order valence-electron chi connectivity index (χ0n) is 21.2. The van der Waals surface area contributed by atoms with Crippen LogP contribution in [-0.2, 0) is 24.0 Å². The average Bonchev–Trinajstić information content (AvgIpc) is 3.00. The van der Waals surface area contributed by atoms with Gasteiger partial charge in [-0.25, -0.2) is 0 Å². The van der Waals surface area contributed by atoms with Crippen molar-refractivity contribution in [3.8, 4) is 0 Å². The number of carbonyl (C=O) groups excluding carboxylic acids is 5. The number of imide groups is 1. The van der Waals surface area contributed by atoms with E-state index in [4.69, 9.17) is 0 Å². The molecule has 9 nitrogen and oxygen atoms in total. The summed E-state index contributed by atoms with van der Waals surface area (Å²) in [5.41, 5.74) is -0.914. The second-order valence-corrected chi connectivity index (χ2v) is 10.4. The van der Waals surface area contributed by atoms with Crippen LogP contribution in [0.1, 0.15) is 74.7 Å². The van der Waals surface area contributed by atoms with Crippen molar-refractivity contribution < 1.29 is 24.0 Å². The number of rotatable bonds is 12. The Morgan fingerprint density at radius 2 is 1.30 bits per heavy atom. The van der Waals surface area contributed by atoms with Crippen LogP contribution in [0.5, 0.6) is 0 Å². The third-order valence-electron chi connectivity index (χ3n) is 6.57. The molecule has 0 aromatic heterocycles. The van der Waals surface area contributed by atoms with Crippen LogP contribution in [0.25, 0.3) is 0 Å². The largest absolute Gasteiger partial charge is 0.351 e. The molecule has 0 saturated carbocycles. The monoisotopic (exact) mass is 464 g/mol. The molecule has 1 atom stereocenters. The Hall–Kier alpha value is -2.71. The average molecular weight is 465 g/mol. The van der Waals surface area contributed by atoms with E-state index < -0.39 is 34.8 Å². The summed E-state index contributed by atoms with van der Waals surface area (Å²) in [5, 5.41) is 8.59. The van der Waals surface area contributed by atoms with Gasteiger partial charge in [0.25, 0.3) is 11.8 Å². The summed E-state index contributed by atoms with van der Waals surface area (Å²) in [7, 11) is 0. The Morgan fingerprint density at radius 1 is 0.818 bits per heavy atom. The number of nitrogens with zero attached hydrogens (tertiary/aromatic N) is 1. The summed E-state index contributed by atoms with van der Waals surface area (Å²) in [6.07, 6.45) is 2.35. The van der Waals surface area contributed by atoms with Crippen LogP contribution in [0.4, 0.5) is 0 Å². The molecule has 1 aliphatic heterocycles. The fraction of sp³-hybridized carbons (Fsp3) is 0.708. The summed E-state index contributed by atoms with van der Waals surface area (Å²) in [6, 6.07) is -0.924. The van der Waals surface area contributed by atoms with Gasteiger partial charge in [0, 0.05) is 42.6 Å². The van der Waals surface area contributed by atoms with Crippen LogP contribution in [0.3, 0.4) is 0 Å². The van der Waals surface area contributed by atoms with Gasteiger partial charge in [0.1, 0.15) is 6.04 Å². The zero-order chi connectivity index (χ0) is 25.6. The maximum Gasteiger partial charge on any atom is 0.253 e. The van der Waals surface area contributed by atoms with Crippen molar-refractivity contribution in [1.82, 2.24) is 20.9 Å². The standard InChI is InChI=1S/C24H40N4O5/c1-15(2)23(5,6)26-19(30)10-9-17(22(33)27-24(7,8)16(3)4)25-18(29)13-14-28-20(31)11-12-21(28)32/h11-12,15-17H,9-10,13-14H2,1-8H3,(H,25,29)(H,26,30)(H,27,33). The van der Waals surface area contributed by atoms with Crippen molar-refractivity contribution in [1.29, 1.82) is 0 Å². The first kappa shape index (κ1) is 28.3. The molecule has 1 rings (SSSR count). The minimum absolute atomic E-state index is 0.0592. The van der Waals surface area contributed by atoms with E-state index in [-0.39, 0.29) is 49.5 Å². The van der Waals surface area contributed by atoms with E-state index in [1.54, 1.807) is 0 Å².